The summed E-state index contributed by atoms with van der Waals surface area (Å²) in [6.45, 7) is 5.15. The molecule has 0 unspecified atom stereocenters. The van der Waals surface area contributed by atoms with Gasteiger partial charge >= 0.3 is 0 Å². The molecule has 7 nitrogen and oxygen atoms in total. The van der Waals surface area contributed by atoms with Crippen LogP contribution in [0.1, 0.15) is 29.9 Å². The topological polar surface area (TPSA) is 80.3 Å². The van der Waals surface area contributed by atoms with Crippen LogP contribution in [0.5, 0.6) is 0 Å². The molecule has 5 rings (SSSR count). The average molecular weight is 451 g/mol. The van der Waals surface area contributed by atoms with Gasteiger partial charge < -0.3 is 10.7 Å². The lowest BCUT2D eigenvalue weighted by atomic mass is 10.1. The van der Waals surface area contributed by atoms with Crippen molar-refractivity contribution in [2.24, 2.45) is 0 Å². The summed E-state index contributed by atoms with van der Waals surface area (Å²) in [6, 6.07) is 12.6. The lowest BCUT2D eigenvalue weighted by Gasteiger charge is -2.35. The predicted octanol–water partition coefficient (Wildman–Crippen LogP) is 2.44. The number of nitrogen functional groups attached to an aromatic ring is 1. The summed E-state index contributed by atoms with van der Waals surface area (Å²) in [6.07, 6.45) is 3.70. The van der Waals surface area contributed by atoms with Gasteiger partial charge in [0, 0.05) is 43.7 Å². The number of benzene rings is 1. The minimum atomic E-state index is -0.0596. The summed E-state index contributed by atoms with van der Waals surface area (Å²) in [5.41, 5.74) is 2.76. The molecule has 2 aliphatic rings. The first-order chi connectivity index (χ1) is 15.7. The van der Waals surface area contributed by atoms with Crippen LogP contribution in [-0.4, -0.2) is 58.0 Å². The molecule has 0 aliphatic carbocycles. The molecule has 1 fully saturated rings. The average Bonchev–Trinajstić information content (AvgIpc) is 2.85. The Morgan fingerprint density at radius 2 is 1.84 bits per heavy atom. The number of aromatic nitrogens is 3. The van der Waals surface area contributed by atoms with Gasteiger partial charge in [-0.15, -0.1) is 0 Å². The quantitative estimate of drug-likeness (QED) is 0.456. The maximum atomic E-state index is 12.5. The first-order valence-corrected chi connectivity index (χ1v) is 12.6. The monoisotopic (exact) mass is 450 g/mol. The molecule has 32 heavy (non-hydrogen) atoms. The fourth-order valence-corrected chi connectivity index (χ4v) is 5.56. The maximum absolute atomic E-state index is 12.5. The predicted molar refractivity (Wildman–Crippen MR) is 132 cm³/mol. The number of nitrogens with zero attached hydrogens (tertiary/aromatic N) is 5. The van der Waals surface area contributed by atoms with Crippen LogP contribution in [0.2, 0.25) is 0 Å². The molecule has 2 aliphatic heterocycles. The number of hydrogen-bond donors (Lipinski definition) is 1. The first kappa shape index (κ1) is 21.3. The van der Waals surface area contributed by atoms with Gasteiger partial charge in [-0.3, -0.25) is 9.69 Å². The zero-order valence-electron chi connectivity index (χ0n) is 18.4. The highest BCUT2D eigenvalue weighted by Gasteiger charge is 2.20. The zero-order valence-corrected chi connectivity index (χ0v) is 19.2. The standard InChI is InChI=1S/C24H30N6OS/c25-30-23(27-21-10-16-32-17-19(21)24(30)31)7-3-4-11-28-12-14-29(15-13-28)22-9-8-18-5-1-2-6-20(18)26-22/h1-2,5-6,8-9H,3-4,7,10-17,25H2. The summed E-state index contributed by atoms with van der Waals surface area (Å²) in [7, 11) is 0. The minimum Gasteiger partial charge on any atom is -0.354 e. The van der Waals surface area contributed by atoms with Crippen LogP contribution < -0.4 is 16.3 Å². The second-order valence-corrected chi connectivity index (χ2v) is 9.68. The van der Waals surface area contributed by atoms with Gasteiger partial charge in [0.1, 0.15) is 11.6 Å². The smallest absolute Gasteiger partial charge is 0.276 e. The molecule has 0 amide bonds. The molecular weight excluding hydrogens is 420 g/mol. The van der Waals surface area contributed by atoms with Gasteiger partial charge in [0.25, 0.3) is 5.56 Å². The van der Waals surface area contributed by atoms with Crippen molar-refractivity contribution in [3.8, 4) is 0 Å². The van der Waals surface area contributed by atoms with Crippen LogP contribution in [0.4, 0.5) is 5.82 Å². The summed E-state index contributed by atoms with van der Waals surface area (Å²) in [5.74, 6) is 9.62. The Morgan fingerprint density at radius 1 is 1.00 bits per heavy atom. The van der Waals surface area contributed by atoms with E-state index in [-0.39, 0.29) is 5.56 Å². The zero-order chi connectivity index (χ0) is 21.9. The van der Waals surface area contributed by atoms with E-state index in [9.17, 15) is 4.79 Å². The summed E-state index contributed by atoms with van der Waals surface area (Å²) >= 11 is 1.78. The number of aryl methyl sites for hydroxylation is 2. The second-order valence-electron chi connectivity index (χ2n) is 8.58. The molecule has 1 aromatic carbocycles. The van der Waals surface area contributed by atoms with Gasteiger partial charge in [-0.25, -0.2) is 14.6 Å². The van der Waals surface area contributed by atoms with Gasteiger partial charge in [-0.05, 0) is 49.8 Å². The fraction of sp³-hybridized carbons (Fsp3) is 0.458. The molecule has 0 spiro atoms. The Hall–Kier alpha value is -2.58. The molecular formula is C24H30N6OS. The third-order valence-electron chi connectivity index (χ3n) is 6.50. The Balaban J connectivity index is 1.10. The number of thioether (sulfide) groups is 1. The first-order valence-electron chi connectivity index (χ1n) is 11.5. The number of fused-ring (bicyclic) bond motifs is 2. The van der Waals surface area contributed by atoms with Crippen molar-refractivity contribution in [2.75, 3.05) is 49.2 Å². The Morgan fingerprint density at radius 3 is 2.72 bits per heavy atom. The molecule has 1 saturated heterocycles. The van der Waals surface area contributed by atoms with Gasteiger partial charge in [0.15, 0.2) is 0 Å². The van der Waals surface area contributed by atoms with Crippen molar-refractivity contribution in [3.63, 3.8) is 0 Å². The third kappa shape index (κ3) is 4.47. The highest BCUT2D eigenvalue weighted by molar-refractivity contribution is 7.98. The SMILES string of the molecule is Nn1c(CCCCN2CCN(c3ccc4ccccc4n3)CC2)nc2c(c1=O)CSCC2. The largest absolute Gasteiger partial charge is 0.354 e. The lowest BCUT2D eigenvalue weighted by molar-refractivity contribution is 0.252. The van der Waals surface area contributed by atoms with E-state index in [1.54, 1.807) is 11.8 Å². The number of anilines is 1. The normalized spacial score (nSPS) is 16.9. The number of piperazine rings is 1. The molecule has 168 valence electrons. The van der Waals surface area contributed by atoms with E-state index >= 15 is 0 Å². The molecule has 0 saturated carbocycles. The van der Waals surface area contributed by atoms with Crippen LogP contribution in [0.25, 0.3) is 10.9 Å². The Labute approximate surface area is 192 Å². The molecule has 8 heteroatoms. The summed E-state index contributed by atoms with van der Waals surface area (Å²) in [5, 5.41) is 1.19. The van der Waals surface area contributed by atoms with Crippen molar-refractivity contribution >= 4 is 28.5 Å². The van der Waals surface area contributed by atoms with Crippen molar-refractivity contribution in [2.45, 2.75) is 31.4 Å². The van der Waals surface area contributed by atoms with E-state index < -0.39 is 0 Å². The summed E-state index contributed by atoms with van der Waals surface area (Å²) < 4.78 is 1.28. The highest BCUT2D eigenvalue weighted by Crippen LogP contribution is 2.21. The van der Waals surface area contributed by atoms with Crippen molar-refractivity contribution in [1.82, 2.24) is 19.5 Å². The number of hydrogen-bond acceptors (Lipinski definition) is 7. The van der Waals surface area contributed by atoms with E-state index in [1.165, 1.54) is 10.1 Å². The van der Waals surface area contributed by atoms with E-state index in [2.05, 4.69) is 40.1 Å². The highest BCUT2D eigenvalue weighted by atomic mass is 32.2. The molecule has 3 aromatic rings. The van der Waals surface area contributed by atoms with E-state index in [1.807, 2.05) is 6.07 Å². The minimum absolute atomic E-state index is 0.0596. The molecule has 2 N–H and O–H groups in total. The van der Waals surface area contributed by atoms with Gasteiger partial charge in [0.2, 0.25) is 0 Å². The molecule has 2 aromatic heterocycles. The van der Waals surface area contributed by atoms with Gasteiger partial charge in [0.05, 0.1) is 16.8 Å². The van der Waals surface area contributed by atoms with Crippen molar-refractivity contribution in [1.29, 1.82) is 0 Å². The van der Waals surface area contributed by atoms with Crippen molar-refractivity contribution < 1.29 is 0 Å². The second kappa shape index (κ2) is 9.50. The van der Waals surface area contributed by atoms with Crippen LogP contribution in [-0.2, 0) is 18.6 Å². The molecule has 0 radical (unpaired) electrons. The molecule has 4 heterocycles. The molecule has 0 bridgehead atoms. The van der Waals surface area contributed by atoms with E-state index in [0.717, 1.165) is 98.3 Å². The van der Waals surface area contributed by atoms with Crippen molar-refractivity contribution in [3.05, 3.63) is 63.8 Å². The number of para-hydroxylation sites is 1. The third-order valence-corrected chi connectivity index (χ3v) is 7.49. The fourth-order valence-electron chi connectivity index (χ4n) is 4.58. The van der Waals surface area contributed by atoms with Crippen LogP contribution in [0, 0.1) is 0 Å². The number of unbranched alkanes of at least 4 members (excludes halogenated alkanes) is 1. The Bertz CT molecular complexity index is 1150. The van der Waals surface area contributed by atoms with Crippen LogP contribution >= 0.6 is 11.8 Å². The van der Waals surface area contributed by atoms with E-state index in [0.29, 0.717) is 0 Å². The number of pyridine rings is 1. The van der Waals surface area contributed by atoms with Gasteiger partial charge in [-0.2, -0.15) is 11.8 Å². The van der Waals surface area contributed by atoms with Crippen LogP contribution in [0.3, 0.4) is 0 Å². The molecule has 0 atom stereocenters. The Kier molecular flexibility index (Phi) is 6.32. The summed E-state index contributed by atoms with van der Waals surface area (Å²) in [4.78, 5) is 27.0. The lowest BCUT2D eigenvalue weighted by Crippen LogP contribution is -2.46. The maximum Gasteiger partial charge on any atom is 0.276 e. The number of nitrogens with two attached hydrogens (primary N) is 1. The van der Waals surface area contributed by atoms with Crippen LogP contribution in [0.15, 0.2) is 41.2 Å². The van der Waals surface area contributed by atoms with Gasteiger partial charge in [-0.1, -0.05) is 18.2 Å². The number of rotatable bonds is 6. The van der Waals surface area contributed by atoms with E-state index in [4.69, 9.17) is 15.8 Å².